The quantitative estimate of drug-likeness (QED) is 0.849. The van der Waals surface area contributed by atoms with Gasteiger partial charge < -0.3 is 14.6 Å². The number of rotatable bonds is 7. The monoisotopic (exact) mass is 288 g/mol. The van der Waals surface area contributed by atoms with E-state index in [9.17, 15) is 4.79 Å². The van der Waals surface area contributed by atoms with E-state index in [-0.39, 0.29) is 5.91 Å². The van der Waals surface area contributed by atoms with Gasteiger partial charge in [0.25, 0.3) is 0 Å². The Labute approximate surface area is 124 Å². The number of nitrogens with zero attached hydrogens (tertiary/aromatic N) is 1. The van der Waals surface area contributed by atoms with Crippen LogP contribution in [-0.4, -0.2) is 24.2 Å². The van der Waals surface area contributed by atoms with Gasteiger partial charge in [-0.2, -0.15) is 0 Å². The van der Waals surface area contributed by atoms with E-state index < -0.39 is 0 Å². The summed E-state index contributed by atoms with van der Waals surface area (Å²) in [5.41, 5.74) is 1.82. The Morgan fingerprint density at radius 3 is 2.71 bits per heavy atom. The summed E-state index contributed by atoms with van der Waals surface area (Å²) in [5.74, 6) is 1.60. The molecule has 0 aliphatic carbocycles. The molecule has 5 nitrogen and oxygen atoms in total. The Morgan fingerprint density at radius 1 is 1.33 bits per heavy atom. The van der Waals surface area contributed by atoms with Crippen molar-refractivity contribution in [2.75, 3.05) is 13.2 Å². The minimum Gasteiger partial charge on any atom is -0.494 e. The molecule has 0 radical (unpaired) electrons. The molecule has 112 valence electrons. The first kappa shape index (κ1) is 15.1. The van der Waals surface area contributed by atoms with E-state index in [1.807, 2.05) is 44.2 Å². The van der Waals surface area contributed by atoms with Crippen molar-refractivity contribution in [3.05, 3.63) is 47.3 Å². The van der Waals surface area contributed by atoms with Crippen molar-refractivity contribution in [3.8, 4) is 5.75 Å². The van der Waals surface area contributed by atoms with Gasteiger partial charge in [0.2, 0.25) is 5.91 Å². The summed E-state index contributed by atoms with van der Waals surface area (Å²) in [6.45, 7) is 5.00. The number of ether oxygens (including phenoxy) is 1. The molecule has 0 saturated carbocycles. The van der Waals surface area contributed by atoms with Crippen molar-refractivity contribution in [3.63, 3.8) is 0 Å². The van der Waals surface area contributed by atoms with Crippen LogP contribution >= 0.6 is 0 Å². The zero-order valence-corrected chi connectivity index (χ0v) is 12.4. The summed E-state index contributed by atoms with van der Waals surface area (Å²) in [4.78, 5) is 11.8. The van der Waals surface area contributed by atoms with E-state index in [1.165, 1.54) is 0 Å². The minimum absolute atomic E-state index is 0.00426. The van der Waals surface area contributed by atoms with Gasteiger partial charge >= 0.3 is 0 Å². The molecule has 0 aliphatic rings. The molecule has 0 saturated heterocycles. The molecular formula is C16H20N2O3. The van der Waals surface area contributed by atoms with E-state index >= 15 is 0 Å². The molecule has 0 atom stereocenters. The fourth-order valence-electron chi connectivity index (χ4n) is 1.98. The highest BCUT2D eigenvalue weighted by molar-refractivity contribution is 5.78. The number of benzene rings is 1. The lowest BCUT2D eigenvalue weighted by Gasteiger charge is -2.06. The number of hydrogen-bond acceptors (Lipinski definition) is 4. The van der Waals surface area contributed by atoms with Gasteiger partial charge in [-0.05, 0) is 31.5 Å². The van der Waals surface area contributed by atoms with E-state index in [0.29, 0.717) is 26.0 Å². The third-order valence-corrected chi connectivity index (χ3v) is 2.97. The number of amides is 1. The predicted molar refractivity (Wildman–Crippen MR) is 79.3 cm³/mol. The molecule has 1 aromatic carbocycles. The SMILES string of the molecule is CCOc1ccc(CC(=O)NCCc2cc(C)no2)cc1. The Morgan fingerprint density at radius 2 is 2.10 bits per heavy atom. The van der Waals surface area contributed by atoms with Crippen molar-refractivity contribution >= 4 is 5.91 Å². The molecule has 1 aromatic heterocycles. The zero-order valence-electron chi connectivity index (χ0n) is 12.4. The van der Waals surface area contributed by atoms with Crippen LogP contribution in [0, 0.1) is 6.92 Å². The zero-order chi connectivity index (χ0) is 15.1. The second-order valence-corrected chi connectivity index (χ2v) is 4.79. The maximum absolute atomic E-state index is 11.8. The second-order valence-electron chi connectivity index (χ2n) is 4.79. The number of nitrogens with one attached hydrogen (secondary N) is 1. The van der Waals surface area contributed by atoms with Crippen LogP contribution in [0.1, 0.15) is 23.9 Å². The number of aryl methyl sites for hydroxylation is 1. The summed E-state index contributed by atoms with van der Waals surface area (Å²) in [7, 11) is 0. The molecule has 0 fully saturated rings. The van der Waals surface area contributed by atoms with E-state index in [4.69, 9.17) is 9.26 Å². The molecular weight excluding hydrogens is 268 g/mol. The Bertz CT molecular complexity index is 575. The molecule has 1 heterocycles. The maximum atomic E-state index is 11.8. The van der Waals surface area contributed by atoms with Crippen LogP contribution in [0.15, 0.2) is 34.9 Å². The number of hydrogen-bond donors (Lipinski definition) is 1. The summed E-state index contributed by atoms with van der Waals surface area (Å²) in [6.07, 6.45) is 1.01. The van der Waals surface area contributed by atoms with Crippen LogP contribution in [-0.2, 0) is 17.6 Å². The summed E-state index contributed by atoms with van der Waals surface area (Å²) in [5, 5.41) is 6.68. The average molecular weight is 288 g/mol. The van der Waals surface area contributed by atoms with Gasteiger partial charge in [-0.25, -0.2) is 0 Å². The van der Waals surface area contributed by atoms with Crippen LogP contribution in [0.25, 0.3) is 0 Å². The van der Waals surface area contributed by atoms with Crippen molar-refractivity contribution in [2.45, 2.75) is 26.7 Å². The van der Waals surface area contributed by atoms with Gasteiger partial charge in [0.05, 0.1) is 18.7 Å². The molecule has 1 N–H and O–H groups in total. The molecule has 5 heteroatoms. The van der Waals surface area contributed by atoms with Gasteiger partial charge in [-0.3, -0.25) is 4.79 Å². The maximum Gasteiger partial charge on any atom is 0.224 e. The van der Waals surface area contributed by atoms with Gasteiger partial charge in [-0.15, -0.1) is 0 Å². The number of carbonyl (C=O) groups excluding carboxylic acids is 1. The van der Waals surface area contributed by atoms with E-state index in [1.54, 1.807) is 0 Å². The van der Waals surface area contributed by atoms with Crippen molar-refractivity contribution in [1.82, 2.24) is 10.5 Å². The van der Waals surface area contributed by atoms with Crippen LogP contribution in [0.2, 0.25) is 0 Å². The largest absolute Gasteiger partial charge is 0.494 e. The Balaban J connectivity index is 1.73. The summed E-state index contributed by atoms with van der Waals surface area (Å²) < 4.78 is 10.5. The third kappa shape index (κ3) is 4.95. The molecule has 0 spiro atoms. The molecule has 2 aromatic rings. The molecule has 0 unspecified atom stereocenters. The lowest BCUT2D eigenvalue weighted by Crippen LogP contribution is -2.27. The van der Waals surface area contributed by atoms with Crippen LogP contribution in [0.5, 0.6) is 5.75 Å². The lowest BCUT2D eigenvalue weighted by atomic mass is 10.1. The Hall–Kier alpha value is -2.30. The smallest absolute Gasteiger partial charge is 0.224 e. The molecule has 2 rings (SSSR count). The first-order valence-corrected chi connectivity index (χ1v) is 7.08. The topological polar surface area (TPSA) is 64.4 Å². The van der Waals surface area contributed by atoms with Crippen molar-refractivity contribution in [2.24, 2.45) is 0 Å². The van der Waals surface area contributed by atoms with Crippen LogP contribution < -0.4 is 10.1 Å². The first-order chi connectivity index (χ1) is 10.2. The summed E-state index contributed by atoms with van der Waals surface area (Å²) >= 11 is 0. The fraction of sp³-hybridized carbons (Fsp3) is 0.375. The van der Waals surface area contributed by atoms with Crippen molar-refractivity contribution < 1.29 is 14.1 Å². The predicted octanol–water partition coefficient (Wildman–Crippen LogP) is 2.28. The highest BCUT2D eigenvalue weighted by Gasteiger charge is 2.05. The number of carbonyl (C=O) groups is 1. The van der Waals surface area contributed by atoms with Gasteiger partial charge in [0.15, 0.2) is 0 Å². The average Bonchev–Trinajstić information content (AvgIpc) is 2.87. The number of aromatic nitrogens is 1. The molecule has 21 heavy (non-hydrogen) atoms. The standard InChI is InChI=1S/C16H20N2O3/c1-3-20-14-6-4-13(5-7-14)11-16(19)17-9-8-15-10-12(2)18-21-15/h4-7,10H,3,8-9,11H2,1-2H3,(H,17,19). The minimum atomic E-state index is -0.00426. The molecule has 1 amide bonds. The van der Waals surface area contributed by atoms with Crippen LogP contribution in [0.3, 0.4) is 0 Å². The third-order valence-electron chi connectivity index (χ3n) is 2.97. The summed E-state index contributed by atoms with van der Waals surface area (Å²) in [6, 6.07) is 9.44. The fourth-order valence-corrected chi connectivity index (χ4v) is 1.98. The highest BCUT2D eigenvalue weighted by Crippen LogP contribution is 2.12. The molecule has 0 bridgehead atoms. The van der Waals surface area contributed by atoms with Crippen LogP contribution in [0.4, 0.5) is 0 Å². The van der Waals surface area contributed by atoms with Gasteiger partial charge in [0.1, 0.15) is 11.5 Å². The second kappa shape index (κ2) is 7.47. The normalized spacial score (nSPS) is 10.4. The van der Waals surface area contributed by atoms with Crippen molar-refractivity contribution in [1.29, 1.82) is 0 Å². The first-order valence-electron chi connectivity index (χ1n) is 7.08. The Kier molecular flexibility index (Phi) is 5.37. The highest BCUT2D eigenvalue weighted by atomic mass is 16.5. The van der Waals surface area contributed by atoms with E-state index in [0.717, 1.165) is 22.8 Å². The van der Waals surface area contributed by atoms with E-state index in [2.05, 4.69) is 10.5 Å². The lowest BCUT2D eigenvalue weighted by molar-refractivity contribution is -0.120. The van der Waals surface area contributed by atoms with Gasteiger partial charge in [0, 0.05) is 19.0 Å². The molecule has 0 aliphatic heterocycles. The van der Waals surface area contributed by atoms with Gasteiger partial charge in [-0.1, -0.05) is 17.3 Å².